The first-order valence-electron chi connectivity index (χ1n) is 7.04. The molecule has 1 amide bonds. The molecule has 2 N–H and O–H groups in total. The van der Waals surface area contributed by atoms with Crippen LogP contribution in [0.2, 0.25) is 5.02 Å². The first-order valence-corrected chi connectivity index (χ1v) is 7.42. The highest BCUT2D eigenvalue weighted by molar-refractivity contribution is 6.33. The number of hydrogen-bond donors (Lipinski definition) is 2. The second kappa shape index (κ2) is 7.06. The summed E-state index contributed by atoms with van der Waals surface area (Å²) in [6.45, 7) is 0. The van der Waals surface area contributed by atoms with Gasteiger partial charge in [0.05, 0.1) is 10.7 Å². The van der Waals surface area contributed by atoms with E-state index in [2.05, 4.69) is 20.8 Å². The lowest BCUT2D eigenvalue weighted by Gasteiger charge is -2.08. The van der Waals surface area contributed by atoms with Crippen LogP contribution >= 0.6 is 11.6 Å². The summed E-state index contributed by atoms with van der Waals surface area (Å²) in [7, 11) is 0. The number of anilines is 3. The van der Waals surface area contributed by atoms with Gasteiger partial charge in [-0.05, 0) is 42.5 Å². The summed E-state index contributed by atoms with van der Waals surface area (Å²) in [4.78, 5) is 12.0. The average Bonchev–Trinajstić information content (AvgIpc) is 2.58. The van der Waals surface area contributed by atoms with Crippen molar-refractivity contribution in [1.29, 1.82) is 0 Å². The maximum Gasteiger partial charge on any atom is 0.256 e. The van der Waals surface area contributed by atoms with E-state index in [-0.39, 0.29) is 11.4 Å². The van der Waals surface area contributed by atoms with E-state index in [0.717, 1.165) is 6.07 Å². The Morgan fingerprint density at radius 1 is 0.958 bits per heavy atom. The van der Waals surface area contributed by atoms with Gasteiger partial charge >= 0.3 is 0 Å². The first kappa shape index (κ1) is 15.9. The first-order chi connectivity index (χ1) is 11.6. The SMILES string of the molecule is O=C(Nc1ccc(Nc2ccccc2Cl)nn1)c1cccc(F)c1. The highest BCUT2D eigenvalue weighted by atomic mass is 35.5. The third-order valence-electron chi connectivity index (χ3n) is 3.13. The van der Waals surface area contributed by atoms with Gasteiger partial charge in [-0.2, -0.15) is 0 Å². The van der Waals surface area contributed by atoms with Crippen LogP contribution in [0.25, 0.3) is 0 Å². The van der Waals surface area contributed by atoms with Gasteiger partial charge in [-0.15, -0.1) is 10.2 Å². The summed E-state index contributed by atoms with van der Waals surface area (Å²) in [6.07, 6.45) is 0. The summed E-state index contributed by atoms with van der Waals surface area (Å²) in [5, 5.41) is 14.0. The predicted molar refractivity (Wildman–Crippen MR) is 91.1 cm³/mol. The molecule has 1 aromatic heterocycles. The van der Waals surface area contributed by atoms with Crippen molar-refractivity contribution in [3.05, 3.63) is 77.1 Å². The lowest BCUT2D eigenvalue weighted by Crippen LogP contribution is -2.13. The summed E-state index contributed by atoms with van der Waals surface area (Å²) in [6, 6.07) is 15.9. The second-order valence-electron chi connectivity index (χ2n) is 4.87. The van der Waals surface area contributed by atoms with Crippen LogP contribution in [0.5, 0.6) is 0 Å². The van der Waals surface area contributed by atoms with E-state index in [1.807, 2.05) is 18.2 Å². The molecule has 0 fully saturated rings. The Balaban J connectivity index is 1.68. The summed E-state index contributed by atoms with van der Waals surface area (Å²) in [5.41, 5.74) is 0.903. The Morgan fingerprint density at radius 3 is 2.42 bits per heavy atom. The van der Waals surface area contributed by atoms with Crippen LogP contribution in [0.3, 0.4) is 0 Å². The van der Waals surface area contributed by atoms with Crippen molar-refractivity contribution in [2.45, 2.75) is 0 Å². The van der Waals surface area contributed by atoms with Gasteiger partial charge in [-0.25, -0.2) is 4.39 Å². The smallest absolute Gasteiger partial charge is 0.256 e. The van der Waals surface area contributed by atoms with Crippen LogP contribution in [0.1, 0.15) is 10.4 Å². The summed E-state index contributed by atoms with van der Waals surface area (Å²) >= 11 is 6.06. The maximum absolute atomic E-state index is 13.1. The van der Waals surface area contributed by atoms with Crippen molar-refractivity contribution >= 4 is 34.8 Å². The number of benzene rings is 2. The lowest BCUT2D eigenvalue weighted by molar-refractivity contribution is 0.102. The zero-order valence-corrected chi connectivity index (χ0v) is 13.1. The number of amides is 1. The van der Waals surface area contributed by atoms with Crippen LogP contribution in [-0.4, -0.2) is 16.1 Å². The van der Waals surface area contributed by atoms with Gasteiger partial charge in [0.25, 0.3) is 5.91 Å². The molecule has 0 aliphatic heterocycles. The van der Waals surface area contributed by atoms with Crippen molar-refractivity contribution in [3.8, 4) is 0 Å². The van der Waals surface area contributed by atoms with E-state index in [9.17, 15) is 9.18 Å². The van der Waals surface area contributed by atoms with Crippen LogP contribution in [0, 0.1) is 5.82 Å². The number of para-hydroxylation sites is 1. The van der Waals surface area contributed by atoms with Crippen molar-refractivity contribution < 1.29 is 9.18 Å². The van der Waals surface area contributed by atoms with Gasteiger partial charge in [-0.1, -0.05) is 29.8 Å². The highest BCUT2D eigenvalue weighted by Crippen LogP contribution is 2.23. The number of nitrogens with one attached hydrogen (secondary N) is 2. The Morgan fingerprint density at radius 2 is 1.71 bits per heavy atom. The molecular formula is C17H12ClFN4O. The molecule has 3 rings (SSSR count). The Bertz CT molecular complexity index is 870. The third-order valence-corrected chi connectivity index (χ3v) is 3.46. The second-order valence-corrected chi connectivity index (χ2v) is 5.28. The number of rotatable bonds is 4. The van der Waals surface area contributed by atoms with Crippen molar-refractivity contribution in [3.63, 3.8) is 0 Å². The van der Waals surface area contributed by atoms with Gasteiger partial charge in [0.15, 0.2) is 11.6 Å². The van der Waals surface area contributed by atoms with E-state index in [0.29, 0.717) is 16.5 Å². The fourth-order valence-corrected chi connectivity index (χ4v) is 2.17. The number of nitrogens with zero attached hydrogens (tertiary/aromatic N) is 2. The molecule has 0 bridgehead atoms. The topological polar surface area (TPSA) is 66.9 Å². The van der Waals surface area contributed by atoms with Crippen LogP contribution in [0.4, 0.5) is 21.7 Å². The maximum atomic E-state index is 13.1. The van der Waals surface area contributed by atoms with E-state index < -0.39 is 11.7 Å². The molecular weight excluding hydrogens is 331 g/mol. The van der Waals surface area contributed by atoms with E-state index in [1.165, 1.54) is 18.2 Å². The number of halogens is 2. The molecule has 0 saturated heterocycles. The van der Waals surface area contributed by atoms with Gasteiger partial charge in [0.2, 0.25) is 0 Å². The highest BCUT2D eigenvalue weighted by Gasteiger charge is 2.08. The number of aromatic nitrogens is 2. The predicted octanol–water partition coefficient (Wildman–Crippen LogP) is 4.27. The molecule has 0 aliphatic rings. The van der Waals surface area contributed by atoms with Gasteiger partial charge < -0.3 is 10.6 Å². The Kier molecular flexibility index (Phi) is 4.67. The Hall–Kier alpha value is -2.99. The zero-order valence-electron chi connectivity index (χ0n) is 12.3. The molecule has 2 aromatic carbocycles. The van der Waals surface area contributed by atoms with Gasteiger partial charge in [0, 0.05) is 5.56 Å². The number of carbonyl (C=O) groups is 1. The molecule has 0 aliphatic carbocycles. The molecule has 120 valence electrons. The molecule has 24 heavy (non-hydrogen) atoms. The largest absolute Gasteiger partial charge is 0.338 e. The lowest BCUT2D eigenvalue weighted by atomic mass is 10.2. The normalized spacial score (nSPS) is 10.2. The summed E-state index contributed by atoms with van der Waals surface area (Å²) < 4.78 is 13.1. The summed E-state index contributed by atoms with van der Waals surface area (Å²) in [5.74, 6) is -0.204. The third kappa shape index (κ3) is 3.85. The minimum Gasteiger partial charge on any atom is -0.338 e. The molecule has 0 unspecified atom stereocenters. The van der Waals surface area contributed by atoms with Crippen molar-refractivity contribution in [2.24, 2.45) is 0 Å². The number of hydrogen-bond acceptors (Lipinski definition) is 4. The standard InChI is InChI=1S/C17H12ClFN4O/c18-13-6-1-2-7-14(13)20-15-8-9-16(23-22-15)21-17(24)11-4-3-5-12(19)10-11/h1-10H,(H,20,22)(H,21,23,24). The van der Waals surface area contributed by atoms with Gasteiger partial charge in [-0.3, -0.25) is 4.79 Å². The molecule has 0 radical (unpaired) electrons. The van der Waals surface area contributed by atoms with E-state index in [4.69, 9.17) is 11.6 Å². The van der Waals surface area contributed by atoms with Crippen molar-refractivity contribution in [2.75, 3.05) is 10.6 Å². The van der Waals surface area contributed by atoms with E-state index >= 15 is 0 Å². The molecule has 5 nitrogen and oxygen atoms in total. The van der Waals surface area contributed by atoms with Crippen molar-refractivity contribution in [1.82, 2.24) is 10.2 Å². The zero-order chi connectivity index (χ0) is 16.9. The molecule has 0 atom stereocenters. The average molecular weight is 343 g/mol. The Labute approximate surface area is 142 Å². The fourth-order valence-electron chi connectivity index (χ4n) is 1.98. The molecule has 3 aromatic rings. The van der Waals surface area contributed by atoms with Crippen LogP contribution in [-0.2, 0) is 0 Å². The minimum absolute atomic E-state index is 0.204. The van der Waals surface area contributed by atoms with Gasteiger partial charge in [0.1, 0.15) is 5.82 Å². The minimum atomic E-state index is -0.479. The molecule has 1 heterocycles. The van der Waals surface area contributed by atoms with Crippen LogP contribution < -0.4 is 10.6 Å². The molecule has 0 spiro atoms. The quantitative estimate of drug-likeness (QED) is 0.743. The van der Waals surface area contributed by atoms with Crippen LogP contribution in [0.15, 0.2) is 60.7 Å². The fraction of sp³-hybridized carbons (Fsp3) is 0. The molecule has 7 heteroatoms. The molecule has 0 saturated carbocycles. The monoisotopic (exact) mass is 342 g/mol. The van der Waals surface area contributed by atoms with E-state index in [1.54, 1.807) is 18.2 Å². The number of carbonyl (C=O) groups excluding carboxylic acids is 1.